The van der Waals surface area contributed by atoms with E-state index in [4.69, 9.17) is 0 Å². The van der Waals surface area contributed by atoms with E-state index in [-0.39, 0.29) is 46.5 Å². The van der Waals surface area contributed by atoms with E-state index in [9.17, 15) is 0 Å². The third-order valence-electron chi connectivity index (χ3n) is 14.1. The Morgan fingerprint density at radius 2 is 0.746 bits per heavy atom. The van der Waals surface area contributed by atoms with Gasteiger partial charge in [-0.2, -0.15) is 0 Å². The Morgan fingerprint density at radius 3 is 0.983 bits per heavy atom. The molecule has 2 atom stereocenters. The number of hydrogen-bond donors (Lipinski definition) is 0. The van der Waals surface area contributed by atoms with Gasteiger partial charge in [0.2, 0.25) is 0 Å². The van der Waals surface area contributed by atoms with Gasteiger partial charge < -0.3 is 24.8 Å². The van der Waals surface area contributed by atoms with E-state index in [1.807, 2.05) is 0 Å². The fourth-order valence-electron chi connectivity index (χ4n) is 10.3. The molecule has 4 aromatic carbocycles. The molecule has 0 spiro atoms. The summed E-state index contributed by atoms with van der Waals surface area (Å²) >= 11 is -3.03. The van der Waals surface area contributed by atoms with Crippen LogP contribution in [0.4, 0.5) is 0 Å². The molecular formula is C56H74Cl2Zr. The average Bonchev–Trinajstić information content (AvgIpc) is 3.59. The molecule has 4 aromatic rings. The van der Waals surface area contributed by atoms with Crippen LogP contribution in [0.2, 0.25) is 8.26 Å². The van der Waals surface area contributed by atoms with Gasteiger partial charge in [-0.25, -0.2) is 0 Å². The normalized spacial score (nSPS) is 18.0. The molecule has 0 aromatic heterocycles. The fourth-order valence-corrected chi connectivity index (χ4v) is 28.9. The molecule has 2 unspecified atom stereocenters. The van der Waals surface area contributed by atoms with Crippen LogP contribution in [0.15, 0.2) is 71.8 Å². The molecule has 1 heterocycles. The van der Waals surface area contributed by atoms with Crippen LogP contribution < -0.4 is 24.8 Å². The first kappa shape index (κ1) is 47.9. The summed E-state index contributed by atoms with van der Waals surface area (Å²) in [5, 5.41) is 0. The number of benzene rings is 4. The molecule has 0 N–H and O–H groups in total. The Kier molecular flexibility index (Phi) is 13.1. The molecule has 2 aliphatic carbocycles. The maximum Gasteiger partial charge on any atom is -1.00 e. The van der Waals surface area contributed by atoms with Crippen molar-refractivity contribution in [2.75, 3.05) is 0 Å². The van der Waals surface area contributed by atoms with Crippen LogP contribution in [0.5, 0.6) is 0 Å². The summed E-state index contributed by atoms with van der Waals surface area (Å²) in [4.78, 5) is 0. The van der Waals surface area contributed by atoms with Crippen LogP contribution in [0.25, 0.3) is 34.4 Å². The van der Waals surface area contributed by atoms with Crippen molar-refractivity contribution < 1.29 is 45.1 Å². The van der Waals surface area contributed by atoms with E-state index in [1.54, 1.807) is 22.3 Å². The summed E-state index contributed by atoms with van der Waals surface area (Å²) in [5.74, 6) is 1.04. The topological polar surface area (TPSA) is 0 Å². The first-order valence-corrected chi connectivity index (χ1v) is 28.6. The molecular weight excluding hydrogens is 835 g/mol. The maximum absolute atomic E-state index is 3.03. The van der Waals surface area contributed by atoms with Gasteiger partial charge in [0.05, 0.1) is 0 Å². The molecule has 316 valence electrons. The minimum atomic E-state index is -3.03. The second-order valence-corrected chi connectivity index (χ2v) is 34.7. The van der Waals surface area contributed by atoms with Gasteiger partial charge in [-0.15, -0.1) is 0 Å². The van der Waals surface area contributed by atoms with E-state index in [0.29, 0.717) is 19.1 Å². The summed E-state index contributed by atoms with van der Waals surface area (Å²) in [5.41, 5.74) is 24.6. The fraction of sp³-hybridized carbons (Fsp3) is 0.500. The summed E-state index contributed by atoms with van der Waals surface area (Å²) in [6.45, 7) is 43.2. The molecule has 0 saturated carbocycles. The molecule has 0 radical (unpaired) electrons. The zero-order valence-electron chi connectivity index (χ0n) is 39.9. The van der Waals surface area contributed by atoms with Crippen LogP contribution in [0, 0.1) is 25.7 Å². The van der Waals surface area contributed by atoms with Gasteiger partial charge >= 0.3 is 356 Å². The predicted molar refractivity (Wildman–Crippen MR) is 249 cm³/mol. The smallest absolute Gasteiger partial charge is 1.00 e. The molecule has 59 heavy (non-hydrogen) atoms. The summed E-state index contributed by atoms with van der Waals surface area (Å²) in [6.07, 6.45) is 5.43. The van der Waals surface area contributed by atoms with Crippen molar-refractivity contribution >= 4 is 12.2 Å². The SMILES string of the molecule is Cc1ccc(-c2cc(C(C)(C)C)cc(C(C)(C)C)c2)c2c1[CH]([Zr+2]1([CH]3C(C(C)C)=Cc4c(-c5cc(C(C)(C)C)cc(C(C)(C)C)c5)ccc(C)c43)[CH2][CH2]1)C(C(C)C)=C2.[Cl-].[Cl-]. The molecule has 3 aliphatic rings. The van der Waals surface area contributed by atoms with Crippen LogP contribution in [-0.2, 0) is 41.9 Å². The maximum atomic E-state index is 2.72. The third-order valence-corrected chi connectivity index (χ3v) is 26.9. The van der Waals surface area contributed by atoms with Crippen LogP contribution in [0.1, 0.15) is 174 Å². The van der Waals surface area contributed by atoms with E-state index < -0.39 is 20.3 Å². The van der Waals surface area contributed by atoms with E-state index in [0.717, 1.165) is 0 Å². The minimum Gasteiger partial charge on any atom is -1.00 e. The van der Waals surface area contributed by atoms with E-state index in [2.05, 4.69) is 197 Å². The number of rotatable bonds is 6. The second-order valence-electron chi connectivity index (χ2n) is 23.3. The minimum absolute atomic E-state index is 0. The van der Waals surface area contributed by atoms with Crippen LogP contribution in [0.3, 0.4) is 0 Å². The van der Waals surface area contributed by atoms with Gasteiger partial charge in [-0.05, 0) is 0 Å². The van der Waals surface area contributed by atoms with Crippen molar-refractivity contribution in [3.05, 3.63) is 127 Å². The summed E-state index contributed by atoms with van der Waals surface area (Å²) < 4.78 is 4.18. The molecule has 1 aliphatic heterocycles. The molecule has 3 heteroatoms. The Morgan fingerprint density at radius 1 is 0.458 bits per heavy atom. The van der Waals surface area contributed by atoms with Crippen molar-refractivity contribution in [2.45, 2.75) is 162 Å². The van der Waals surface area contributed by atoms with Gasteiger partial charge in [0, 0.05) is 0 Å². The monoisotopic (exact) mass is 906 g/mol. The summed E-state index contributed by atoms with van der Waals surface area (Å²) in [6, 6.07) is 24.9. The first-order valence-electron chi connectivity index (χ1n) is 22.3. The van der Waals surface area contributed by atoms with Gasteiger partial charge in [0.25, 0.3) is 0 Å². The molecule has 1 saturated heterocycles. The second kappa shape index (κ2) is 16.2. The number of allylic oxidation sites excluding steroid dienone is 2. The first-order chi connectivity index (χ1) is 26.2. The van der Waals surface area contributed by atoms with Gasteiger partial charge in [0.15, 0.2) is 0 Å². The molecule has 1 fully saturated rings. The average molecular weight is 909 g/mol. The van der Waals surface area contributed by atoms with Crippen LogP contribution >= 0.6 is 0 Å². The Hall–Kier alpha value is -2.18. The zero-order valence-corrected chi connectivity index (χ0v) is 43.9. The van der Waals surface area contributed by atoms with Crippen molar-refractivity contribution in [1.29, 1.82) is 0 Å². The van der Waals surface area contributed by atoms with Crippen molar-refractivity contribution in [3.8, 4) is 22.3 Å². The molecule has 0 amide bonds. The molecule has 0 nitrogen and oxygen atoms in total. The molecule has 7 rings (SSSR count). The third kappa shape index (κ3) is 8.64. The standard InChI is InChI=1S/2C27H35.C2H4.2ClH.Zr/c2*1-17(2)19-14-24-18(3)10-11-23(25(24)15-19)20-12-21(26(4,5)6)16-22(13-20)27(7,8)9;1-2;;;/h2*10-17H,1-9H3;1-2H2;2*1H;/q;;;;;+2/p-2. The van der Waals surface area contributed by atoms with Crippen molar-refractivity contribution in [1.82, 2.24) is 0 Å². The van der Waals surface area contributed by atoms with E-state index >= 15 is 0 Å². The van der Waals surface area contributed by atoms with Gasteiger partial charge in [-0.3, -0.25) is 0 Å². The Labute approximate surface area is 377 Å². The largest absolute Gasteiger partial charge is 1.00 e. The van der Waals surface area contributed by atoms with Gasteiger partial charge in [-0.1, -0.05) is 0 Å². The van der Waals surface area contributed by atoms with Gasteiger partial charge in [0.1, 0.15) is 0 Å². The van der Waals surface area contributed by atoms with Crippen molar-refractivity contribution in [2.24, 2.45) is 11.8 Å². The molecule has 0 bridgehead atoms. The number of fused-ring (bicyclic) bond motifs is 2. The Bertz CT molecular complexity index is 2090. The van der Waals surface area contributed by atoms with E-state index in [1.165, 1.54) is 75.0 Å². The Balaban J connectivity index is 0.00000331. The summed E-state index contributed by atoms with van der Waals surface area (Å²) in [7, 11) is 0. The predicted octanol–water partition coefficient (Wildman–Crippen LogP) is 10.7. The zero-order chi connectivity index (χ0) is 41.9. The number of aryl methyl sites for hydroxylation is 2. The van der Waals surface area contributed by atoms with Crippen LogP contribution in [-0.4, -0.2) is 0 Å². The quantitative estimate of drug-likeness (QED) is 0.181. The number of halogens is 2. The number of hydrogen-bond acceptors (Lipinski definition) is 0. The van der Waals surface area contributed by atoms with Crippen molar-refractivity contribution in [3.63, 3.8) is 0 Å².